The number of carbonyl (C=O) groups excluding carboxylic acids is 2. The third-order valence-corrected chi connectivity index (χ3v) is 6.43. The number of amides is 2. The van der Waals surface area contributed by atoms with Gasteiger partial charge in [-0.15, -0.1) is 0 Å². The molecule has 1 fully saturated rings. The number of hydrogen-bond acceptors (Lipinski definition) is 7. The summed E-state index contributed by atoms with van der Waals surface area (Å²) in [6.45, 7) is 8.59. The number of likely N-dealkylation sites (N-methyl/N-ethyl adjacent to an activating group) is 1. The Morgan fingerprint density at radius 2 is 2.06 bits per heavy atom. The second kappa shape index (κ2) is 11.4. The van der Waals surface area contributed by atoms with Gasteiger partial charge in [0.05, 0.1) is 19.2 Å². The van der Waals surface area contributed by atoms with Gasteiger partial charge in [-0.3, -0.25) is 9.59 Å². The van der Waals surface area contributed by atoms with E-state index in [4.69, 9.17) is 9.47 Å². The third kappa shape index (κ3) is 6.94. The summed E-state index contributed by atoms with van der Waals surface area (Å²) in [6, 6.07) is 1.19. The minimum Gasteiger partial charge on any atom is -0.472 e. The normalized spacial score (nSPS) is 22.1. The van der Waals surface area contributed by atoms with Crippen molar-refractivity contribution in [3.8, 4) is 17.7 Å². The summed E-state index contributed by atoms with van der Waals surface area (Å²) in [6.07, 6.45) is 2.51. The quantitative estimate of drug-likeness (QED) is 0.602. The van der Waals surface area contributed by atoms with Gasteiger partial charge < -0.3 is 29.5 Å². The van der Waals surface area contributed by atoms with Crippen LogP contribution in [0.1, 0.15) is 56.5 Å². The van der Waals surface area contributed by atoms with E-state index in [1.807, 2.05) is 6.92 Å². The third-order valence-electron chi connectivity index (χ3n) is 6.43. The molecule has 0 spiro atoms. The molecule has 2 aliphatic heterocycles. The van der Waals surface area contributed by atoms with Crippen LogP contribution in [0, 0.1) is 23.7 Å². The van der Waals surface area contributed by atoms with Crippen LogP contribution in [0.2, 0.25) is 0 Å². The standard InChI is InChI=1S/C26H37N3O6/c1-17-14-29(18(2)16-30)25(32)21-12-19(6-9-26(3,4)33)13-27-23(21)35-22(17)15-28(5)24(31)20-7-10-34-11-8-20/h12-13,17-18,20,22,30,33H,7-8,10-11,14-16H2,1-5H3/t17-,18+,22-/m1/s1. The minimum absolute atomic E-state index is 0.0626. The van der Waals surface area contributed by atoms with Crippen molar-refractivity contribution in [1.29, 1.82) is 0 Å². The molecule has 2 amide bonds. The molecule has 3 rings (SSSR count). The Kier molecular flexibility index (Phi) is 8.75. The maximum absolute atomic E-state index is 13.5. The second-order valence-electron chi connectivity index (χ2n) is 10.1. The zero-order valence-electron chi connectivity index (χ0n) is 21.3. The van der Waals surface area contributed by atoms with Crippen molar-refractivity contribution in [1.82, 2.24) is 14.8 Å². The molecule has 9 heteroatoms. The van der Waals surface area contributed by atoms with Crippen LogP contribution in [0.3, 0.4) is 0 Å². The van der Waals surface area contributed by atoms with Crippen LogP contribution in [-0.4, -0.2) is 94.5 Å². The fraction of sp³-hybridized carbons (Fsp3) is 0.654. The highest BCUT2D eigenvalue weighted by atomic mass is 16.5. The van der Waals surface area contributed by atoms with E-state index in [1.54, 1.807) is 43.7 Å². The first-order valence-electron chi connectivity index (χ1n) is 12.2. The first-order valence-corrected chi connectivity index (χ1v) is 12.2. The van der Waals surface area contributed by atoms with Gasteiger partial charge in [-0.05, 0) is 39.7 Å². The van der Waals surface area contributed by atoms with Gasteiger partial charge in [0.1, 0.15) is 17.3 Å². The number of aliphatic hydroxyl groups excluding tert-OH is 1. The molecule has 35 heavy (non-hydrogen) atoms. The molecular formula is C26H37N3O6. The fourth-order valence-electron chi connectivity index (χ4n) is 4.23. The number of aliphatic hydroxyl groups is 2. The van der Waals surface area contributed by atoms with Crippen molar-refractivity contribution >= 4 is 11.8 Å². The average Bonchev–Trinajstić information content (AvgIpc) is 2.84. The number of aromatic nitrogens is 1. The van der Waals surface area contributed by atoms with E-state index in [0.717, 1.165) is 0 Å². The van der Waals surface area contributed by atoms with E-state index in [9.17, 15) is 19.8 Å². The van der Waals surface area contributed by atoms with Crippen LogP contribution in [0.4, 0.5) is 0 Å². The summed E-state index contributed by atoms with van der Waals surface area (Å²) in [5.74, 6) is 5.32. The topological polar surface area (TPSA) is 112 Å². The smallest absolute Gasteiger partial charge is 0.259 e. The summed E-state index contributed by atoms with van der Waals surface area (Å²) in [4.78, 5) is 34.2. The lowest BCUT2D eigenvalue weighted by Crippen LogP contribution is -2.51. The zero-order valence-corrected chi connectivity index (χ0v) is 21.3. The Hall–Kier alpha value is -2.67. The average molecular weight is 488 g/mol. The molecule has 0 bridgehead atoms. The molecule has 0 aliphatic carbocycles. The fourth-order valence-corrected chi connectivity index (χ4v) is 4.23. The minimum atomic E-state index is -1.19. The Morgan fingerprint density at radius 1 is 1.37 bits per heavy atom. The zero-order chi connectivity index (χ0) is 25.8. The number of fused-ring (bicyclic) bond motifs is 1. The first-order chi connectivity index (χ1) is 16.5. The molecule has 0 unspecified atom stereocenters. The molecule has 1 aromatic heterocycles. The summed E-state index contributed by atoms with van der Waals surface area (Å²) >= 11 is 0. The first kappa shape index (κ1) is 26.9. The Labute approximate surface area is 207 Å². The monoisotopic (exact) mass is 487 g/mol. The summed E-state index contributed by atoms with van der Waals surface area (Å²) in [7, 11) is 1.77. The Balaban J connectivity index is 1.91. The van der Waals surface area contributed by atoms with E-state index in [1.165, 1.54) is 6.20 Å². The number of pyridine rings is 1. The Morgan fingerprint density at radius 3 is 2.69 bits per heavy atom. The van der Waals surface area contributed by atoms with Gasteiger partial charge in [-0.2, -0.15) is 0 Å². The van der Waals surface area contributed by atoms with Gasteiger partial charge in [-0.25, -0.2) is 4.98 Å². The highest BCUT2D eigenvalue weighted by Crippen LogP contribution is 2.28. The van der Waals surface area contributed by atoms with Crippen molar-refractivity contribution in [2.24, 2.45) is 11.8 Å². The lowest BCUT2D eigenvalue weighted by molar-refractivity contribution is -0.138. The summed E-state index contributed by atoms with van der Waals surface area (Å²) in [5.41, 5.74) is -0.482. The van der Waals surface area contributed by atoms with Crippen molar-refractivity contribution in [2.45, 2.75) is 58.3 Å². The molecule has 0 radical (unpaired) electrons. The maximum Gasteiger partial charge on any atom is 0.259 e. The van der Waals surface area contributed by atoms with E-state index >= 15 is 0 Å². The van der Waals surface area contributed by atoms with Gasteiger partial charge in [0.25, 0.3) is 5.91 Å². The van der Waals surface area contributed by atoms with E-state index in [-0.39, 0.29) is 41.7 Å². The molecule has 1 saturated heterocycles. The largest absolute Gasteiger partial charge is 0.472 e. The highest BCUT2D eigenvalue weighted by molar-refractivity contribution is 5.97. The molecular weight excluding hydrogens is 450 g/mol. The van der Waals surface area contributed by atoms with Crippen molar-refractivity contribution in [3.05, 3.63) is 23.4 Å². The summed E-state index contributed by atoms with van der Waals surface area (Å²) in [5, 5.41) is 19.7. The number of rotatable bonds is 5. The predicted molar refractivity (Wildman–Crippen MR) is 130 cm³/mol. The van der Waals surface area contributed by atoms with Crippen LogP contribution in [0.15, 0.2) is 12.3 Å². The lowest BCUT2D eigenvalue weighted by atomic mass is 9.97. The van der Waals surface area contributed by atoms with Gasteiger partial charge in [0.15, 0.2) is 0 Å². The van der Waals surface area contributed by atoms with E-state index in [0.29, 0.717) is 44.7 Å². The maximum atomic E-state index is 13.5. The van der Waals surface area contributed by atoms with Gasteiger partial charge in [0, 0.05) is 50.4 Å². The number of ether oxygens (including phenoxy) is 2. The molecule has 0 saturated carbocycles. The predicted octanol–water partition coefficient (Wildman–Crippen LogP) is 1.31. The van der Waals surface area contributed by atoms with Crippen molar-refractivity contribution < 1.29 is 29.3 Å². The van der Waals surface area contributed by atoms with Crippen LogP contribution >= 0.6 is 0 Å². The van der Waals surface area contributed by atoms with Crippen LogP contribution in [0.25, 0.3) is 0 Å². The number of carbonyl (C=O) groups is 2. The molecule has 0 aromatic carbocycles. The van der Waals surface area contributed by atoms with Gasteiger partial charge in [0.2, 0.25) is 11.8 Å². The SMILES string of the molecule is C[C@@H]1CN([C@@H](C)CO)C(=O)c2cc(C#CC(C)(C)O)cnc2O[C@@H]1CN(C)C(=O)C1CCOCC1. The molecule has 192 valence electrons. The van der Waals surface area contributed by atoms with Crippen molar-refractivity contribution in [3.63, 3.8) is 0 Å². The number of nitrogens with zero attached hydrogens (tertiary/aromatic N) is 3. The molecule has 2 N–H and O–H groups in total. The molecule has 9 nitrogen and oxygen atoms in total. The highest BCUT2D eigenvalue weighted by Gasteiger charge is 2.35. The summed E-state index contributed by atoms with van der Waals surface area (Å²) < 4.78 is 11.6. The number of hydrogen-bond donors (Lipinski definition) is 2. The van der Waals surface area contributed by atoms with Gasteiger partial charge >= 0.3 is 0 Å². The van der Waals surface area contributed by atoms with E-state index < -0.39 is 17.7 Å². The Bertz CT molecular complexity index is 974. The molecule has 1 aromatic rings. The van der Waals surface area contributed by atoms with Gasteiger partial charge in [-0.1, -0.05) is 18.8 Å². The molecule has 2 aliphatic rings. The second-order valence-corrected chi connectivity index (χ2v) is 10.1. The van der Waals surface area contributed by atoms with Crippen molar-refractivity contribution in [2.75, 3.05) is 40.0 Å². The van der Waals surface area contributed by atoms with Crippen LogP contribution in [-0.2, 0) is 9.53 Å². The molecule has 3 atom stereocenters. The molecule has 3 heterocycles. The van der Waals surface area contributed by atoms with Crippen LogP contribution < -0.4 is 4.74 Å². The van der Waals surface area contributed by atoms with Crippen LogP contribution in [0.5, 0.6) is 5.88 Å². The van der Waals surface area contributed by atoms with E-state index in [2.05, 4.69) is 16.8 Å². The lowest BCUT2D eigenvalue weighted by Gasteiger charge is -2.38.